The number of hydrogen-bond donors (Lipinski definition) is 2. The highest BCUT2D eigenvalue weighted by molar-refractivity contribution is 5.81. The number of carbonyl (C=O) groups is 1. The molecule has 0 saturated carbocycles. The Morgan fingerprint density at radius 1 is 1.38 bits per heavy atom. The van der Waals surface area contributed by atoms with Crippen LogP contribution in [0, 0.1) is 0 Å². The summed E-state index contributed by atoms with van der Waals surface area (Å²) < 4.78 is 5.52. The van der Waals surface area contributed by atoms with Crippen LogP contribution in [0.2, 0.25) is 0 Å². The Hall–Kier alpha value is -1.43. The standard InChI is InChI=1S/C16H26N2O3/c1-13(2)21-11-10-18(4)12-16(17-3,15(19)20)14-8-6-5-7-9-14/h5-9,13,17H,10-12H2,1-4H3,(H,19,20). The zero-order valence-corrected chi connectivity index (χ0v) is 13.3. The average Bonchev–Trinajstić information content (AvgIpc) is 2.45. The van der Waals surface area contributed by atoms with E-state index in [0.29, 0.717) is 19.7 Å². The highest BCUT2D eigenvalue weighted by atomic mass is 16.5. The molecule has 0 aromatic heterocycles. The second-order valence-corrected chi connectivity index (χ2v) is 5.48. The average molecular weight is 294 g/mol. The molecule has 0 heterocycles. The summed E-state index contributed by atoms with van der Waals surface area (Å²) in [7, 11) is 3.58. The topological polar surface area (TPSA) is 61.8 Å². The van der Waals surface area contributed by atoms with Crippen LogP contribution >= 0.6 is 0 Å². The van der Waals surface area contributed by atoms with Crippen LogP contribution in [0.3, 0.4) is 0 Å². The lowest BCUT2D eigenvalue weighted by atomic mass is 9.89. The van der Waals surface area contributed by atoms with E-state index in [0.717, 1.165) is 5.56 Å². The quantitative estimate of drug-likeness (QED) is 0.723. The van der Waals surface area contributed by atoms with Crippen molar-refractivity contribution in [3.8, 4) is 0 Å². The molecule has 0 aliphatic heterocycles. The fourth-order valence-corrected chi connectivity index (χ4v) is 2.26. The molecule has 0 aliphatic rings. The smallest absolute Gasteiger partial charge is 0.329 e. The van der Waals surface area contributed by atoms with Crippen molar-refractivity contribution < 1.29 is 14.6 Å². The van der Waals surface area contributed by atoms with Gasteiger partial charge < -0.3 is 20.1 Å². The lowest BCUT2D eigenvalue weighted by Crippen LogP contribution is -2.54. The molecule has 1 atom stereocenters. The molecule has 0 saturated heterocycles. The predicted molar refractivity (Wildman–Crippen MR) is 83.4 cm³/mol. The molecule has 118 valence electrons. The Kier molecular flexibility index (Phi) is 6.81. The molecule has 1 aromatic carbocycles. The van der Waals surface area contributed by atoms with Crippen LogP contribution in [-0.4, -0.2) is 55.9 Å². The molecular formula is C16H26N2O3. The van der Waals surface area contributed by atoms with E-state index in [2.05, 4.69) is 5.32 Å². The second kappa shape index (κ2) is 8.12. The van der Waals surface area contributed by atoms with Gasteiger partial charge in [-0.2, -0.15) is 0 Å². The summed E-state index contributed by atoms with van der Waals surface area (Å²) >= 11 is 0. The van der Waals surface area contributed by atoms with E-state index in [-0.39, 0.29) is 6.10 Å². The SMILES string of the molecule is CNC(CN(C)CCOC(C)C)(C(=O)O)c1ccccc1. The van der Waals surface area contributed by atoms with Crippen molar-refractivity contribution in [1.29, 1.82) is 0 Å². The molecule has 0 spiro atoms. The van der Waals surface area contributed by atoms with E-state index in [4.69, 9.17) is 4.74 Å². The molecule has 5 heteroatoms. The first-order valence-electron chi connectivity index (χ1n) is 7.20. The number of benzene rings is 1. The van der Waals surface area contributed by atoms with Crippen molar-refractivity contribution in [2.45, 2.75) is 25.5 Å². The highest BCUT2D eigenvalue weighted by Crippen LogP contribution is 2.22. The van der Waals surface area contributed by atoms with Crippen LogP contribution in [0.5, 0.6) is 0 Å². The fourth-order valence-electron chi connectivity index (χ4n) is 2.26. The summed E-state index contributed by atoms with van der Waals surface area (Å²) in [6.07, 6.45) is 0.182. The molecule has 2 N–H and O–H groups in total. The Bertz CT molecular complexity index is 436. The van der Waals surface area contributed by atoms with E-state index in [1.165, 1.54) is 0 Å². The van der Waals surface area contributed by atoms with Crippen LogP contribution in [0.4, 0.5) is 0 Å². The molecule has 0 radical (unpaired) electrons. The maximum atomic E-state index is 11.9. The summed E-state index contributed by atoms with van der Waals surface area (Å²) in [6.45, 7) is 5.60. The van der Waals surface area contributed by atoms with Gasteiger partial charge in [-0.25, -0.2) is 4.79 Å². The van der Waals surface area contributed by atoms with Gasteiger partial charge in [0, 0.05) is 13.1 Å². The number of ether oxygens (including phenoxy) is 1. The third-order valence-corrected chi connectivity index (χ3v) is 3.49. The highest BCUT2D eigenvalue weighted by Gasteiger charge is 2.39. The summed E-state index contributed by atoms with van der Waals surface area (Å²) in [5, 5.41) is 12.7. The Morgan fingerprint density at radius 2 is 2.00 bits per heavy atom. The van der Waals surface area contributed by atoms with Gasteiger partial charge in [-0.1, -0.05) is 30.3 Å². The van der Waals surface area contributed by atoms with E-state index >= 15 is 0 Å². The number of likely N-dealkylation sites (N-methyl/N-ethyl adjacent to an activating group) is 2. The van der Waals surface area contributed by atoms with Crippen molar-refractivity contribution in [3.63, 3.8) is 0 Å². The fraction of sp³-hybridized carbons (Fsp3) is 0.562. The number of hydrogen-bond acceptors (Lipinski definition) is 4. The Labute approximate surface area is 126 Å². The van der Waals surface area contributed by atoms with Crippen molar-refractivity contribution in [3.05, 3.63) is 35.9 Å². The van der Waals surface area contributed by atoms with Crippen LogP contribution in [0.15, 0.2) is 30.3 Å². The Balaban J connectivity index is 2.82. The minimum Gasteiger partial charge on any atom is -0.480 e. The zero-order valence-electron chi connectivity index (χ0n) is 13.3. The van der Waals surface area contributed by atoms with E-state index < -0.39 is 11.5 Å². The molecule has 21 heavy (non-hydrogen) atoms. The van der Waals surface area contributed by atoms with Crippen LogP contribution in [0.25, 0.3) is 0 Å². The summed E-state index contributed by atoms with van der Waals surface area (Å²) in [6, 6.07) is 9.26. The molecule has 0 amide bonds. The van der Waals surface area contributed by atoms with Gasteiger partial charge in [0.2, 0.25) is 0 Å². The van der Waals surface area contributed by atoms with Gasteiger partial charge >= 0.3 is 5.97 Å². The summed E-state index contributed by atoms with van der Waals surface area (Å²) in [5.74, 6) is -0.882. The monoisotopic (exact) mass is 294 g/mol. The normalized spacial score (nSPS) is 14.4. The molecule has 0 fully saturated rings. The second-order valence-electron chi connectivity index (χ2n) is 5.48. The van der Waals surface area contributed by atoms with Crippen molar-refractivity contribution >= 4 is 5.97 Å². The molecule has 0 aliphatic carbocycles. The molecular weight excluding hydrogens is 268 g/mol. The first-order chi connectivity index (χ1) is 9.92. The van der Waals surface area contributed by atoms with Gasteiger partial charge in [0.05, 0.1) is 12.7 Å². The van der Waals surface area contributed by atoms with Gasteiger partial charge in [-0.05, 0) is 33.5 Å². The number of aliphatic carboxylic acids is 1. The number of carboxylic acids is 1. The lowest BCUT2D eigenvalue weighted by Gasteiger charge is -2.33. The van der Waals surface area contributed by atoms with Crippen molar-refractivity contribution in [1.82, 2.24) is 10.2 Å². The number of nitrogens with one attached hydrogen (secondary N) is 1. The van der Waals surface area contributed by atoms with Crippen LogP contribution in [-0.2, 0) is 15.1 Å². The number of carboxylic acid groups (broad SMARTS) is 1. The van der Waals surface area contributed by atoms with Crippen molar-refractivity contribution in [2.24, 2.45) is 0 Å². The van der Waals surface area contributed by atoms with Gasteiger partial charge in [0.15, 0.2) is 5.54 Å². The van der Waals surface area contributed by atoms with Crippen molar-refractivity contribution in [2.75, 3.05) is 33.8 Å². The van der Waals surface area contributed by atoms with Crippen LogP contribution in [0.1, 0.15) is 19.4 Å². The number of rotatable bonds is 9. The molecule has 0 bridgehead atoms. The largest absolute Gasteiger partial charge is 0.480 e. The minimum atomic E-state index is -1.12. The summed E-state index contributed by atoms with van der Waals surface area (Å²) in [4.78, 5) is 13.8. The maximum absolute atomic E-state index is 11.9. The van der Waals surface area contributed by atoms with Gasteiger partial charge in [0.1, 0.15) is 0 Å². The van der Waals surface area contributed by atoms with Crippen LogP contribution < -0.4 is 5.32 Å². The first kappa shape index (κ1) is 17.6. The van der Waals surface area contributed by atoms with E-state index in [9.17, 15) is 9.90 Å². The zero-order chi connectivity index (χ0) is 15.9. The molecule has 1 unspecified atom stereocenters. The van der Waals surface area contributed by atoms with E-state index in [1.807, 2.05) is 56.1 Å². The molecule has 1 rings (SSSR count). The third-order valence-electron chi connectivity index (χ3n) is 3.49. The minimum absolute atomic E-state index is 0.182. The van der Waals surface area contributed by atoms with Gasteiger partial charge in [-0.3, -0.25) is 0 Å². The van der Waals surface area contributed by atoms with Gasteiger partial charge in [-0.15, -0.1) is 0 Å². The Morgan fingerprint density at radius 3 is 2.48 bits per heavy atom. The molecule has 1 aromatic rings. The maximum Gasteiger partial charge on any atom is 0.329 e. The predicted octanol–water partition coefficient (Wildman–Crippen LogP) is 1.54. The first-order valence-corrected chi connectivity index (χ1v) is 7.20. The van der Waals surface area contributed by atoms with Gasteiger partial charge in [0.25, 0.3) is 0 Å². The molecule has 5 nitrogen and oxygen atoms in total. The lowest BCUT2D eigenvalue weighted by molar-refractivity contribution is -0.146. The number of nitrogens with zero attached hydrogens (tertiary/aromatic N) is 1. The third kappa shape index (κ3) is 4.81. The van der Waals surface area contributed by atoms with E-state index in [1.54, 1.807) is 7.05 Å². The summed E-state index contributed by atoms with van der Waals surface area (Å²) in [5.41, 5.74) is -0.370.